The molecule has 1 aliphatic rings. The summed E-state index contributed by atoms with van der Waals surface area (Å²) in [5.74, 6) is -0.129. The zero-order valence-corrected chi connectivity index (χ0v) is 28.2. The summed E-state index contributed by atoms with van der Waals surface area (Å²) in [5.41, 5.74) is 4.65. The van der Waals surface area contributed by atoms with Gasteiger partial charge in [0.25, 0.3) is 0 Å². The number of aromatic amines is 1. The molecule has 3 aromatic carbocycles. The second-order valence-corrected chi connectivity index (χ2v) is 12.6. The van der Waals surface area contributed by atoms with Crippen LogP contribution in [0.5, 0.6) is 5.75 Å². The van der Waals surface area contributed by atoms with E-state index in [0.29, 0.717) is 55.5 Å². The molecule has 264 valence electrons. The molecule has 51 heavy (non-hydrogen) atoms. The van der Waals surface area contributed by atoms with Crippen LogP contribution in [0.25, 0.3) is 22.0 Å². The van der Waals surface area contributed by atoms with Crippen molar-refractivity contribution in [1.29, 1.82) is 0 Å². The fourth-order valence-electron chi connectivity index (χ4n) is 6.26. The monoisotopic (exact) mass is 690 g/mol. The summed E-state index contributed by atoms with van der Waals surface area (Å²) in [5, 5.41) is 30.5. The van der Waals surface area contributed by atoms with E-state index in [0.717, 1.165) is 35.6 Å². The van der Waals surface area contributed by atoms with Crippen LogP contribution in [0, 0.1) is 0 Å². The number of benzene rings is 3. The van der Waals surface area contributed by atoms with Crippen LogP contribution in [0.2, 0.25) is 0 Å². The number of para-hydroxylation sites is 1. The molecule has 0 bridgehead atoms. The van der Waals surface area contributed by atoms with Crippen LogP contribution in [0.1, 0.15) is 42.3 Å². The number of aliphatic hydroxyl groups is 1. The number of likely N-dealkylation sites (tertiary alicyclic amines) is 1. The SMILES string of the molecule is O=C(CCN1CCC(OC(=O)Nc2ccccc2-c2ccccc2)CC1)NCc1cccc(CNCC(O)c2ccc(O)c3[nH]c(=O)ccc23)n1. The van der Waals surface area contributed by atoms with Gasteiger partial charge in [-0.05, 0) is 54.3 Å². The van der Waals surface area contributed by atoms with Crippen molar-refractivity contribution < 1.29 is 24.5 Å². The van der Waals surface area contributed by atoms with Crippen molar-refractivity contribution in [2.24, 2.45) is 0 Å². The number of amides is 2. The van der Waals surface area contributed by atoms with Crippen LogP contribution in [0.4, 0.5) is 10.5 Å². The summed E-state index contributed by atoms with van der Waals surface area (Å²) in [6.07, 6.45) is 0.209. The summed E-state index contributed by atoms with van der Waals surface area (Å²) >= 11 is 0. The Morgan fingerprint density at radius 2 is 1.65 bits per heavy atom. The number of ether oxygens (including phenoxy) is 1. The van der Waals surface area contributed by atoms with E-state index >= 15 is 0 Å². The molecule has 12 nitrogen and oxygen atoms in total. The van der Waals surface area contributed by atoms with Crippen LogP contribution in [0.15, 0.2) is 102 Å². The topological polar surface area (TPSA) is 169 Å². The molecule has 1 unspecified atom stereocenters. The first-order valence-corrected chi connectivity index (χ1v) is 17.1. The molecule has 0 saturated carbocycles. The van der Waals surface area contributed by atoms with Crippen molar-refractivity contribution >= 4 is 28.6 Å². The molecule has 5 aromatic rings. The number of piperidine rings is 1. The number of aromatic nitrogens is 2. The standard InChI is InChI=1S/C39H42N6O6/c46-34-15-13-31(32-14-16-37(49)44-38(32)34)35(47)25-40-23-27-9-6-10-28(42-27)24-41-36(48)19-22-45-20-17-29(18-21-45)51-39(50)43-33-12-5-4-11-30(33)26-7-2-1-3-8-26/h1-16,29,35,40,46-47H,17-25H2,(H,41,48)(H,43,50)(H,44,49). The van der Waals surface area contributed by atoms with E-state index in [1.165, 1.54) is 12.1 Å². The molecule has 6 N–H and O–H groups in total. The van der Waals surface area contributed by atoms with Gasteiger partial charge in [-0.25, -0.2) is 4.79 Å². The maximum Gasteiger partial charge on any atom is 0.411 e. The van der Waals surface area contributed by atoms with Gasteiger partial charge in [0.05, 0.1) is 35.2 Å². The summed E-state index contributed by atoms with van der Waals surface area (Å²) in [6.45, 7) is 3.00. The average Bonchev–Trinajstić information content (AvgIpc) is 3.15. The Morgan fingerprint density at radius 1 is 0.902 bits per heavy atom. The number of phenols is 1. The van der Waals surface area contributed by atoms with Gasteiger partial charge < -0.3 is 35.5 Å². The predicted octanol–water partition coefficient (Wildman–Crippen LogP) is 4.84. The lowest BCUT2D eigenvalue weighted by molar-refractivity contribution is -0.121. The zero-order chi connectivity index (χ0) is 35.6. The van der Waals surface area contributed by atoms with Gasteiger partial charge in [-0.15, -0.1) is 0 Å². The second-order valence-electron chi connectivity index (χ2n) is 12.6. The van der Waals surface area contributed by atoms with Crippen molar-refractivity contribution in [3.63, 3.8) is 0 Å². The number of hydrogen-bond donors (Lipinski definition) is 6. The molecule has 12 heteroatoms. The number of nitrogens with zero attached hydrogens (tertiary/aromatic N) is 2. The van der Waals surface area contributed by atoms with E-state index in [1.54, 1.807) is 12.1 Å². The van der Waals surface area contributed by atoms with E-state index < -0.39 is 12.2 Å². The van der Waals surface area contributed by atoms with Gasteiger partial charge in [-0.3, -0.25) is 19.9 Å². The minimum Gasteiger partial charge on any atom is -0.506 e. The van der Waals surface area contributed by atoms with Crippen molar-refractivity contribution in [1.82, 2.24) is 25.5 Å². The van der Waals surface area contributed by atoms with Gasteiger partial charge in [-0.2, -0.15) is 0 Å². The van der Waals surface area contributed by atoms with Crippen molar-refractivity contribution in [2.75, 3.05) is 31.5 Å². The van der Waals surface area contributed by atoms with Crippen molar-refractivity contribution in [3.8, 4) is 16.9 Å². The number of aliphatic hydroxyl groups excluding tert-OH is 1. The molecule has 1 atom stereocenters. The van der Waals surface area contributed by atoms with Gasteiger partial charge in [0.2, 0.25) is 11.5 Å². The third kappa shape index (κ3) is 9.57. The third-order valence-electron chi connectivity index (χ3n) is 8.95. The van der Waals surface area contributed by atoms with Crippen LogP contribution in [0.3, 0.4) is 0 Å². The smallest absolute Gasteiger partial charge is 0.411 e. The average molecular weight is 691 g/mol. The molecule has 1 saturated heterocycles. The van der Waals surface area contributed by atoms with Crippen molar-refractivity contribution in [3.05, 3.63) is 124 Å². The Hall–Kier alpha value is -5.56. The number of anilines is 1. The number of hydrogen-bond acceptors (Lipinski definition) is 9. The van der Waals surface area contributed by atoms with Crippen molar-refractivity contribution in [2.45, 2.75) is 44.6 Å². The maximum absolute atomic E-state index is 12.7. The highest BCUT2D eigenvalue weighted by Crippen LogP contribution is 2.29. The quantitative estimate of drug-likeness (QED) is 0.101. The van der Waals surface area contributed by atoms with Gasteiger partial charge in [-0.1, -0.05) is 60.7 Å². The molecule has 6 rings (SSSR count). The Morgan fingerprint density at radius 3 is 2.45 bits per heavy atom. The first-order chi connectivity index (χ1) is 24.8. The van der Waals surface area contributed by atoms with Crippen LogP contribution in [-0.4, -0.2) is 69.4 Å². The molecular weight excluding hydrogens is 648 g/mol. The molecule has 0 spiro atoms. The summed E-state index contributed by atoms with van der Waals surface area (Å²) in [6, 6.07) is 29.2. The molecular formula is C39H42N6O6. The maximum atomic E-state index is 12.7. The molecule has 0 aliphatic carbocycles. The first-order valence-electron chi connectivity index (χ1n) is 17.1. The normalized spacial score (nSPS) is 14.2. The molecule has 1 aliphatic heterocycles. The first kappa shape index (κ1) is 35.3. The highest BCUT2D eigenvalue weighted by atomic mass is 16.6. The van der Waals surface area contributed by atoms with Gasteiger partial charge >= 0.3 is 6.09 Å². The second kappa shape index (κ2) is 16.9. The highest BCUT2D eigenvalue weighted by molar-refractivity contribution is 5.91. The van der Waals surface area contributed by atoms with Crippen LogP contribution < -0.4 is 21.5 Å². The minimum atomic E-state index is -0.882. The van der Waals surface area contributed by atoms with E-state index in [2.05, 4.69) is 30.8 Å². The summed E-state index contributed by atoms with van der Waals surface area (Å²) in [7, 11) is 0. The Balaban J connectivity index is 0.885. The number of fused-ring (bicyclic) bond motifs is 1. The zero-order valence-electron chi connectivity index (χ0n) is 28.2. The lowest BCUT2D eigenvalue weighted by Crippen LogP contribution is -2.40. The van der Waals surface area contributed by atoms with E-state index in [4.69, 9.17) is 4.74 Å². The predicted molar refractivity (Wildman–Crippen MR) is 195 cm³/mol. The third-order valence-corrected chi connectivity index (χ3v) is 8.95. The Kier molecular flexibility index (Phi) is 11.7. The number of carbonyl (C=O) groups excluding carboxylic acids is 2. The lowest BCUT2D eigenvalue weighted by atomic mass is 10.0. The highest BCUT2D eigenvalue weighted by Gasteiger charge is 2.23. The summed E-state index contributed by atoms with van der Waals surface area (Å²) in [4.78, 5) is 46.5. The fourth-order valence-corrected chi connectivity index (χ4v) is 6.26. The molecule has 3 heterocycles. The largest absolute Gasteiger partial charge is 0.506 e. The molecule has 1 fully saturated rings. The van der Waals surface area contributed by atoms with Gasteiger partial charge in [0.1, 0.15) is 11.9 Å². The number of aromatic hydroxyl groups is 1. The van der Waals surface area contributed by atoms with Crippen LogP contribution >= 0.6 is 0 Å². The number of carbonyl (C=O) groups is 2. The molecule has 2 amide bonds. The Labute approximate surface area is 295 Å². The van der Waals surface area contributed by atoms with E-state index in [-0.39, 0.29) is 35.4 Å². The lowest BCUT2D eigenvalue weighted by Gasteiger charge is -2.31. The minimum absolute atomic E-state index is 0.0601. The number of nitrogens with one attached hydrogen (secondary N) is 4. The van der Waals surface area contributed by atoms with Gasteiger partial charge in [0.15, 0.2) is 0 Å². The van der Waals surface area contributed by atoms with E-state index in [9.17, 15) is 24.6 Å². The van der Waals surface area contributed by atoms with Crippen LogP contribution in [-0.2, 0) is 22.6 Å². The summed E-state index contributed by atoms with van der Waals surface area (Å²) < 4.78 is 5.74. The number of rotatable bonds is 13. The van der Waals surface area contributed by atoms with Gasteiger partial charge in [0, 0.05) is 56.2 Å². The number of H-pyrrole nitrogens is 1. The Bertz CT molecular complexity index is 2010. The molecule has 0 radical (unpaired) electrons. The number of pyridine rings is 2. The number of phenolic OH excluding ortho intramolecular Hbond substituents is 1. The van der Waals surface area contributed by atoms with E-state index in [1.807, 2.05) is 72.8 Å². The fraction of sp³-hybridized carbons (Fsp3) is 0.282. The molecule has 2 aromatic heterocycles.